The van der Waals surface area contributed by atoms with E-state index in [9.17, 15) is 33.6 Å². The van der Waals surface area contributed by atoms with Crippen molar-refractivity contribution >= 4 is 41.8 Å². The molecule has 0 amide bonds. The fraction of sp³-hybridized carbons (Fsp3) is 0.741. The van der Waals surface area contributed by atoms with Gasteiger partial charge in [-0.15, -0.1) is 0 Å². The SMILES string of the molecule is CO[C@@H]1O[C@H]([C@@H](COC(C)=O)O[C@@H]2O[C@@H](COC(C)=O)[C@H](OC(C)=O)[C@@H](OC(C)=O)[C@H]2OC(C)=O)[C@H](OC(C)=O)[C@H]1OC(C)=O. The lowest BCUT2D eigenvalue weighted by Gasteiger charge is -2.45. The Morgan fingerprint density at radius 2 is 0.978 bits per heavy atom. The molecule has 2 saturated heterocycles. The molecule has 0 N–H and O–H groups in total. The van der Waals surface area contributed by atoms with Gasteiger partial charge < -0.3 is 52.1 Å². The standard InChI is InChI=1S/C27H38O18/c1-11(28)36-9-18-20(38-13(3)30)22(39-14(4)31)25(42-17(7)34)27(43-18)44-19(10-37-12(2)29)21-23(40-15(5)32)24(41-16(6)33)26(35-8)45-21/h18-27H,9-10H2,1-8H3/t18-,19+,20-,21+,22+,23-,24+,25+,26+,27-/m0/s1. The molecule has 0 unspecified atom stereocenters. The summed E-state index contributed by atoms with van der Waals surface area (Å²) in [6, 6.07) is 0. The zero-order valence-corrected chi connectivity index (χ0v) is 26.0. The molecule has 45 heavy (non-hydrogen) atoms. The van der Waals surface area contributed by atoms with E-state index in [1.165, 1.54) is 7.11 Å². The van der Waals surface area contributed by atoms with Crippen LogP contribution in [0.15, 0.2) is 0 Å². The number of hydrogen-bond donors (Lipinski definition) is 0. The lowest BCUT2D eigenvalue weighted by atomic mass is 9.97. The minimum Gasteiger partial charge on any atom is -0.463 e. The highest BCUT2D eigenvalue weighted by Crippen LogP contribution is 2.35. The lowest BCUT2D eigenvalue weighted by molar-refractivity contribution is -0.327. The molecular formula is C27H38O18. The van der Waals surface area contributed by atoms with E-state index >= 15 is 0 Å². The first-order chi connectivity index (χ1) is 21.0. The van der Waals surface area contributed by atoms with Crippen molar-refractivity contribution in [1.82, 2.24) is 0 Å². The smallest absolute Gasteiger partial charge is 0.303 e. The van der Waals surface area contributed by atoms with Crippen molar-refractivity contribution in [3.63, 3.8) is 0 Å². The van der Waals surface area contributed by atoms with Crippen molar-refractivity contribution in [2.24, 2.45) is 0 Å². The molecule has 0 saturated carbocycles. The van der Waals surface area contributed by atoms with Gasteiger partial charge in [0.2, 0.25) is 0 Å². The van der Waals surface area contributed by atoms with E-state index in [0.29, 0.717) is 0 Å². The van der Waals surface area contributed by atoms with Crippen LogP contribution in [0.25, 0.3) is 0 Å². The quantitative estimate of drug-likeness (QED) is 0.177. The summed E-state index contributed by atoms with van der Waals surface area (Å²) in [5.74, 6) is -5.67. The molecule has 10 atom stereocenters. The van der Waals surface area contributed by atoms with Gasteiger partial charge in [-0.05, 0) is 0 Å². The van der Waals surface area contributed by atoms with Gasteiger partial charge in [0.25, 0.3) is 0 Å². The summed E-state index contributed by atoms with van der Waals surface area (Å²) < 4.78 is 60.3. The number of rotatable bonds is 13. The highest BCUT2D eigenvalue weighted by Gasteiger charge is 2.57. The molecule has 254 valence electrons. The van der Waals surface area contributed by atoms with Gasteiger partial charge in [0.15, 0.2) is 43.1 Å². The van der Waals surface area contributed by atoms with Crippen molar-refractivity contribution in [1.29, 1.82) is 0 Å². The van der Waals surface area contributed by atoms with Gasteiger partial charge in [0.1, 0.15) is 31.5 Å². The molecule has 0 spiro atoms. The highest BCUT2D eigenvalue weighted by atomic mass is 16.8. The van der Waals surface area contributed by atoms with Crippen LogP contribution in [0.4, 0.5) is 0 Å². The van der Waals surface area contributed by atoms with E-state index in [4.69, 9.17) is 52.1 Å². The molecule has 0 aromatic carbocycles. The number of ether oxygens (including phenoxy) is 11. The summed E-state index contributed by atoms with van der Waals surface area (Å²) in [5, 5.41) is 0. The predicted molar refractivity (Wildman–Crippen MR) is 140 cm³/mol. The molecule has 0 aromatic rings. The summed E-state index contributed by atoms with van der Waals surface area (Å²) in [6.07, 6.45) is -14.6. The second-order valence-electron chi connectivity index (χ2n) is 9.90. The third-order valence-electron chi connectivity index (χ3n) is 6.12. The van der Waals surface area contributed by atoms with E-state index in [-0.39, 0.29) is 0 Å². The van der Waals surface area contributed by atoms with Crippen LogP contribution in [0, 0.1) is 0 Å². The second-order valence-corrected chi connectivity index (χ2v) is 9.90. The summed E-state index contributed by atoms with van der Waals surface area (Å²) in [5.41, 5.74) is 0. The molecule has 0 aromatic heterocycles. The predicted octanol–water partition coefficient (Wildman–Crippen LogP) is -0.747. The van der Waals surface area contributed by atoms with E-state index in [1.807, 2.05) is 0 Å². The van der Waals surface area contributed by atoms with Gasteiger partial charge in [-0.2, -0.15) is 0 Å². The Bertz CT molecular complexity index is 1110. The monoisotopic (exact) mass is 650 g/mol. The minimum atomic E-state index is -1.72. The van der Waals surface area contributed by atoms with Crippen molar-refractivity contribution in [2.75, 3.05) is 20.3 Å². The third kappa shape index (κ3) is 11.2. The average molecular weight is 651 g/mol. The Balaban J connectivity index is 2.63. The molecule has 0 bridgehead atoms. The van der Waals surface area contributed by atoms with Gasteiger partial charge in [0.05, 0.1) is 0 Å². The number of carbonyl (C=O) groups is 7. The highest BCUT2D eigenvalue weighted by molar-refractivity contribution is 5.69. The van der Waals surface area contributed by atoms with Crippen LogP contribution < -0.4 is 0 Å². The van der Waals surface area contributed by atoms with Gasteiger partial charge in [-0.25, -0.2) is 0 Å². The lowest BCUT2D eigenvalue weighted by Crippen LogP contribution is -2.64. The maximum Gasteiger partial charge on any atom is 0.303 e. The molecule has 0 aliphatic carbocycles. The van der Waals surface area contributed by atoms with Gasteiger partial charge in [-0.3, -0.25) is 33.6 Å². The second kappa shape index (κ2) is 17.0. The van der Waals surface area contributed by atoms with Crippen LogP contribution >= 0.6 is 0 Å². The van der Waals surface area contributed by atoms with Gasteiger partial charge in [0, 0.05) is 55.6 Å². The van der Waals surface area contributed by atoms with E-state index < -0.39 is 116 Å². The molecule has 18 nitrogen and oxygen atoms in total. The first-order valence-electron chi connectivity index (χ1n) is 13.7. The van der Waals surface area contributed by atoms with Crippen molar-refractivity contribution in [2.45, 2.75) is 110 Å². The van der Waals surface area contributed by atoms with Crippen molar-refractivity contribution in [3.05, 3.63) is 0 Å². The molecule has 2 heterocycles. The number of carbonyl (C=O) groups excluding carboxylic acids is 7. The van der Waals surface area contributed by atoms with Crippen LogP contribution in [-0.2, 0) is 85.7 Å². The number of methoxy groups -OCH3 is 1. The summed E-state index contributed by atoms with van der Waals surface area (Å²) in [7, 11) is 1.23. The topological polar surface area (TPSA) is 221 Å². The molecular weight excluding hydrogens is 612 g/mol. The van der Waals surface area contributed by atoms with Crippen molar-refractivity contribution in [3.8, 4) is 0 Å². The Labute approximate surface area is 258 Å². The van der Waals surface area contributed by atoms with Crippen LogP contribution in [0.3, 0.4) is 0 Å². The minimum absolute atomic E-state index is 0.539. The van der Waals surface area contributed by atoms with Crippen LogP contribution in [-0.4, -0.2) is 124 Å². The molecule has 0 radical (unpaired) electrons. The summed E-state index contributed by atoms with van der Waals surface area (Å²) in [6.45, 7) is 6.41. The maximum absolute atomic E-state index is 12.2. The van der Waals surface area contributed by atoms with Crippen molar-refractivity contribution < 1.29 is 85.7 Å². The first-order valence-corrected chi connectivity index (χ1v) is 13.7. The number of esters is 7. The van der Waals surface area contributed by atoms with E-state index in [0.717, 1.165) is 48.5 Å². The molecule has 2 aliphatic rings. The Morgan fingerprint density at radius 3 is 1.44 bits per heavy atom. The fourth-order valence-corrected chi connectivity index (χ4v) is 4.66. The zero-order valence-electron chi connectivity index (χ0n) is 26.0. The normalized spacial score (nSPS) is 29.8. The Hall–Kier alpha value is -3.87. The summed E-state index contributed by atoms with van der Waals surface area (Å²) >= 11 is 0. The fourth-order valence-electron chi connectivity index (χ4n) is 4.66. The third-order valence-corrected chi connectivity index (χ3v) is 6.12. The maximum atomic E-state index is 12.2. The molecule has 18 heteroatoms. The largest absolute Gasteiger partial charge is 0.463 e. The van der Waals surface area contributed by atoms with Crippen LogP contribution in [0.2, 0.25) is 0 Å². The number of hydrogen-bond acceptors (Lipinski definition) is 18. The Morgan fingerprint density at radius 1 is 0.533 bits per heavy atom. The summed E-state index contributed by atoms with van der Waals surface area (Å²) in [4.78, 5) is 83.8. The van der Waals surface area contributed by atoms with E-state index in [1.54, 1.807) is 0 Å². The van der Waals surface area contributed by atoms with Gasteiger partial charge >= 0.3 is 41.8 Å². The zero-order chi connectivity index (χ0) is 34.0. The Kier molecular flexibility index (Phi) is 14.1. The van der Waals surface area contributed by atoms with Crippen LogP contribution in [0.5, 0.6) is 0 Å². The van der Waals surface area contributed by atoms with E-state index in [2.05, 4.69) is 0 Å². The molecule has 2 aliphatic heterocycles. The average Bonchev–Trinajstić information content (AvgIpc) is 3.23. The van der Waals surface area contributed by atoms with Gasteiger partial charge in [-0.1, -0.05) is 0 Å². The molecule has 2 rings (SSSR count). The molecule has 2 fully saturated rings. The van der Waals surface area contributed by atoms with Crippen LogP contribution in [0.1, 0.15) is 48.5 Å². The first kappa shape index (κ1) is 37.3.